The lowest BCUT2D eigenvalue weighted by Crippen LogP contribution is -2.37. The number of fused-ring (bicyclic) bond motifs is 1. The molecule has 0 saturated heterocycles. The van der Waals surface area contributed by atoms with E-state index in [1.807, 2.05) is 13.8 Å². The van der Waals surface area contributed by atoms with E-state index < -0.39 is 0 Å². The molecule has 1 aliphatic rings. The largest absolute Gasteiger partial charge is 0.507 e. The second-order valence-corrected chi connectivity index (χ2v) is 11.3. The summed E-state index contributed by atoms with van der Waals surface area (Å²) in [5, 5.41) is 10.3. The van der Waals surface area contributed by atoms with Crippen molar-refractivity contribution in [2.45, 2.75) is 125 Å². The van der Waals surface area contributed by atoms with Crippen LogP contribution in [0.5, 0.6) is 11.5 Å². The van der Waals surface area contributed by atoms with E-state index in [1.54, 1.807) is 0 Å². The van der Waals surface area contributed by atoms with E-state index in [0.717, 1.165) is 65.7 Å². The van der Waals surface area contributed by atoms with Gasteiger partial charge >= 0.3 is 0 Å². The van der Waals surface area contributed by atoms with Crippen LogP contribution in [0, 0.1) is 31.6 Å². The summed E-state index contributed by atoms with van der Waals surface area (Å²) in [6, 6.07) is 0. The molecule has 0 spiro atoms. The van der Waals surface area contributed by atoms with Crippen molar-refractivity contribution < 1.29 is 14.6 Å². The smallest absolute Gasteiger partial charge is 0.154 e. The molecule has 1 aliphatic heterocycles. The van der Waals surface area contributed by atoms with Gasteiger partial charge in [-0.3, -0.25) is 4.79 Å². The van der Waals surface area contributed by atoms with Crippen molar-refractivity contribution in [1.29, 1.82) is 0 Å². The van der Waals surface area contributed by atoms with Crippen LogP contribution in [0.15, 0.2) is 0 Å². The maximum atomic E-state index is 11.6. The molecule has 0 saturated carbocycles. The molecule has 182 valence electrons. The first-order valence-corrected chi connectivity index (χ1v) is 13.1. The molecule has 2 rings (SSSR count). The van der Waals surface area contributed by atoms with Crippen molar-refractivity contribution in [3.05, 3.63) is 22.3 Å². The summed E-state index contributed by atoms with van der Waals surface area (Å²) in [5.74, 6) is 3.40. The van der Waals surface area contributed by atoms with Crippen molar-refractivity contribution in [3.8, 4) is 11.5 Å². The quantitative estimate of drug-likeness (QED) is 0.311. The number of phenolic OH excluding ortho intramolecular Hbond substituents is 1. The van der Waals surface area contributed by atoms with Gasteiger partial charge in [-0.1, -0.05) is 72.6 Å². The van der Waals surface area contributed by atoms with Crippen LogP contribution >= 0.6 is 0 Å². The molecule has 3 nitrogen and oxygen atoms in total. The van der Waals surface area contributed by atoms with Crippen molar-refractivity contribution >= 4 is 6.29 Å². The molecule has 0 aromatic heterocycles. The number of aldehydes is 1. The Morgan fingerprint density at radius 3 is 2.06 bits per heavy atom. The van der Waals surface area contributed by atoms with Crippen molar-refractivity contribution in [3.63, 3.8) is 0 Å². The minimum atomic E-state index is -0.189. The summed E-state index contributed by atoms with van der Waals surface area (Å²) >= 11 is 0. The van der Waals surface area contributed by atoms with Crippen LogP contribution in [-0.2, 0) is 6.42 Å². The zero-order valence-corrected chi connectivity index (χ0v) is 21.9. The fourth-order valence-corrected chi connectivity index (χ4v) is 5.22. The van der Waals surface area contributed by atoms with Crippen LogP contribution in [0.3, 0.4) is 0 Å². The number of carbonyl (C=O) groups excluding carboxylic acids is 1. The first-order chi connectivity index (χ1) is 15.1. The van der Waals surface area contributed by atoms with Gasteiger partial charge < -0.3 is 9.84 Å². The van der Waals surface area contributed by atoms with Gasteiger partial charge in [0.15, 0.2) is 6.29 Å². The van der Waals surface area contributed by atoms with Gasteiger partial charge in [0, 0.05) is 5.56 Å². The lowest BCUT2D eigenvalue weighted by Gasteiger charge is -2.38. The summed E-state index contributed by atoms with van der Waals surface area (Å²) in [5.41, 5.74) is 2.82. The summed E-state index contributed by atoms with van der Waals surface area (Å²) in [6.45, 7) is 15.5. The van der Waals surface area contributed by atoms with Crippen LogP contribution < -0.4 is 4.74 Å². The normalized spacial score (nSPS) is 20.0. The van der Waals surface area contributed by atoms with Gasteiger partial charge in [-0.15, -0.1) is 0 Å². The van der Waals surface area contributed by atoms with Crippen LogP contribution in [0.1, 0.15) is 126 Å². The summed E-state index contributed by atoms with van der Waals surface area (Å²) in [4.78, 5) is 11.6. The third-order valence-electron chi connectivity index (χ3n) is 7.76. The van der Waals surface area contributed by atoms with Gasteiger partial charge in [0.1, 0.15) is 17.1 Å². The number of aromatic hydroxyl groups is 1. The molecule has 1 aromatic rings. The number of rotatable bonds is 13. The van der Waals surface area contributed by atoms with Crippen LogP contribution in [0.25, 0.3) is 0 Å². The fourth-order valence-electron chi connectivity index (χ4n) is 5.22. The molecule has 3 heteroatoms. The van der Waals surface area contributed by atoms with E-state index in [9.17, 15) is 9.90 Å². The molecule has 3 atom stereocenters. The third kappa shape index (κ3) is 7.25. The minimum Gasteiger partial charge on any atom is -0.507 e. The molecule has 0 amide bonds. The van der Waals surface area contributed by atoms with Crippen LogP contribution in [-0.4, -0.2) is 17.0 Å². The van der Waals surface area contributed by atoms with Crippen molar-refractivity contribution in [1.82, 2.24) is 0 Å². The molecular formula is C29H48O3. The number of phenols is 1. The van der Waals surface area contributed by atoms with E-state index in [0.29, 0.717) is 5.56 Å². The molecule has 1 heterocycles. The highest BCUT2D eigenvalue weighted by atomic mass is 16.5. The number of ether oxygens (including phenoxy) is 1. The molecule has 32 heavy (non-hydrogen) atoms. The molecule has 0 aliphatic carbocycles. The van der Waals surface area contributed by atoms with E-state index in [1.165, 1.54) is 51.4 Å². The second-order valence-electron chi connectivity index (χ2n) is 11.3. The lowest BCUT2D eigenvalue weighted by molar-refractivity contribution is 0.0510. The van der Waals surface area contributed by atoms with E-state index in [4.69, 9.17) is 4.74 Å². The van der Waals surface area contributed by atoms with E-state index in [2.05, 4.69) is 34.6 Å². The van der Waals surface area contributed by atoms with Gasteiger partial charge in [0.05, 0.1) is 5.56 Å². The molecule has 0 radical (unpaired) electrons. The number of benzene rings is 1. The maximum Gasteiger partial charge on any atom is 0.154 e. The molecule has 1 N–H and O–H groups in total. The molecule has 0 fully saturated rings. The molecule has 0 unspecified atom stereocenters. The highest BCUT2D eigenvalue weighted by molar-refractivity contribution is 5.85. The first-order valence-electron chi connectivity index (χ1n) is 13.1. The minimum absolute atomic E-state index is 0.117. The maximum absolute atomic E-state index is 11.6. The molecule has 0 bridgehead atoms. The van der Waals surface area contributed by atoms with E-state index in [-0.39, 0.29) is 11.4 Å². The Balaban J connectivity index is 1.78. The second kappa shape index (κ2) is 12.1. The highest BCUT2D eigenvalue weighted by Crippen LogP contribution is 2.44. The standard InChI is InChI=1S/C29H48O3/c1-20(2)11-8-12-21(3)13-9-14-22(4)15-10-17-29(7)18-16-25-26(19-30)27(31)23(5)24(6)28(25)32-29/h19-22,31H,8-18H2,1-7H3/t21-,22-,29-/m1/s1. The fraction of sp³-hybridized carbons (Fsp3) is 0.759. The lowest BCUT2D eigenvalue weighted by atomic mass is 9.83. The third-order valence-corrected chi connectivity index (χ3v) is 7.76. The van der Waals surface area contributed by atoms with Crippen molar-refractivity contribution in [2.24, 2.45) is 17.8 Å². The molecular weight excluding hydrogens is 396 g/mol. The predicted octanol–water partition coefficient (Wildman–Crippen LogP) is 8.34. The summed E-state index contributed by atoms with van der Waals surface area (Å²) in [7, 11) is 0. The van der Waals surface area contributed by atoms with E-state index >= 15 is 0 Å². The first kappa shape index (κ1) is 26.7. The Labute approximate surface area is 197 Å². The Bertz CT molecular complexity index is 752. The molecule has 1 aromatic carbocycles. The number of hydrogen-bond donors (Lipinski definition) is 1. The average Bonchev–Trinajstić information content (AvgIpc) is 2.73. The van der Waals surface area contributed by atoms with Crippen LogP contribution in [0.2, 0.25) is 0 Å². The number of hydrogen-bond acceptors (Lipinski definition) is 3. The average molecular weight is 445 g/mol. The Morgan fingerprint density at radius 2 is 1.50 bits per heavy atom. The van der Waals surface area contributed by atoms with Crippen LogP contribution in [0.4, 0.5) is 0 Å². The SMILES string of the molecule is Cc1c(C)c2c(c(C=O)c1O)CC[C@@](C)(CCC[C@H](C)CCC[C@H](C)CCCC(C)C)O2. The monoisotopic (exact) mass is 444 g/mol. The van der Waals surface area contributed by atoms with Gasteiger partial charge in [-0.2, -0.15) is 0 Å². The summed E-state index contributed by atoms with van der Waals surface area (Å²) in [6.07, 6.45) is 14.1. The predicted molar refractivity (Wildman–Crippen MR) is 135 cm³/mol. The van der Waals surface area contributed by atoms with Gasteiger partial charge in [-0.05, 0) is 75.3 Å². The Morgan fingerprint density at radius 1 is 0.938 bits per heavy atom. The Kier molecular flexibility index (Phi) is 10.1. The topological polar surface area (TPSA) is 46.5 Å². The number of carbonyl (C=O) groups is 1. The highest BCUT2D eigenvalue weighted by Gasteiger charge is 2.34. The summed E-state index contributed by atoms with van der Waals surface area (Å²) < 4.78 is 6.51. The zero-order valence-electron chi connectivity index (χ0n) is 21.9. The van der Waals surface area contributed by atoms with Gasteiger partial charge in [0.2, 0.25) is 0 Å². The van der Waals surface area contributed by atoms with Gasteiger partial charge in [-0.25, -0.2) is 0 Å². The zero-order chi connectivity index (χ0) is 23.9. The van der Waals surface area contributed by atoms with Crippen molar-refractivity contribution in [2.75, 3.05) is 0 Å². The Hall–Kier alpha value is -1.51. The van der Waals surface area contributed by atoms with Gasteiger partial charge in [0.25, 0.3) is 0 Å².